The van der Waals surface area contributed by atoms with E-state index >= 15 is 0 Å². The van der Waals surface area contributed by atoms with Crippen molar-refractivity contribution in [2.24, 2.45) is 11.1 Å². The minimum atomic E-state index is 0.135. The number of aromatic amines is 1. The van der Waals surface area contributed by atoms with Crippen LogP contribution in [0.15, 0.2) is 12.4 Å². The van der Waals surface area contributed by atoms with Crippen molar-refractivity contribution in [3.05, 3.63) is 35.2 Å². The normalized spacial score (nSPS) is 22.6. The van der Waals surface area contributed by atoms with Gasteiger partial charge in [0.05, 0.1) is 6.04 Å². The Labute approximate surface area is 119 Å². The van der Waals surface area contributed by atoms with Gasteiger partial charge in [-0.3, -0.25) is 5.10 Å². The predicted molar refractivity (Wildman–Crippen MR) is 78.4 cm³/mol. The van der Waals surface area contributed by atoms with Crippen molar-refractivity contribution in [2.75, 3.05) is 0 Å². The second kappa shape index (κ2) is 4.45. The molecule has 0 aromatic carbocycles. The molecular formula is C15H23N5. The van der Waals surface area contributed by atoms with Crippen molar-refractivity contribution in [2.45, 2.75) is 52.6 Å². The molecule has 0 bridgehead atoms. The van der Waals surface area contributed by atoms with E-state index in [1.165, 1.54) is 17.0 Å². The first-order valence-corrected chi connectivity index (χ1v) is 7.20. The van der Waals surface area contributed by atoms with Crippen LogP contribution in [0.3, 0.4) is 0 Å². The van der Waals surface area contributed by atoms with E-state index in [-0.39, 0.29) is 17.5 Å². The van der Waals surface area contributed by atoms with E-state index in [9.17, 15) is 0 Å². The molecule has 0 saturated heterocycles. The van der Waals surface area contributed by atoms with Crippen molar-refractivity contribution in [1.82, 2.24) is 19.7 Å². The topological polar surface area (TPSA) is 72.5 Å². The largest absolute Gasteiger partial charge is 0.338 e. The predicted octanol–water partition coefficient (Wildman–Crippen LogP) is 2.50. The van der Waals surface area contributed by atoms with E-state index in [2.05, 4.69) is 53.5 Å². The van der Waals surface area contributed by atoms with Crippen molar-refractivity contribution in [1.29, 1.82) is 0 Å². The summed E-state index contributed by atoms with van der Waals surface area (Å²) in [6, 6.07) is 2.53. The lowest BCUT2D eigenvalue weighted by atomic mass is 9.74. The standard InChI is InChI=1S/C15H23N5/c1-9-5-11-12(16)6-15(3,4)7-13(11)20(9)10(2)14-17-8-18-19-14/h5,8,10,12H,6-7,16H2,1-4H3,(H,17,18,19). The van der Waals surface area contributed by atoms with Gasteiger partial charge in [-0.1, -0.05) is 13.8 Å². The lowest BCUT2D eigenvalue weighted by molar-refractivity contribution is 0.273. The molecule has 3 rings (SSSR count). The maximum absolute atomic E-state index is 6.37. The molecule has 2 unspecified atom stereocenters. The van der Waals surface area contributed by atoms with Crippen LogP contribution in [-0.4, -0.2) is 19.7 Å². The summed E-state index contributed by atoms with van der Waals surface area (Å²) in [5, 5.41) is 6.94. The smallest absolute Gasteiger partial charge is 0.147 e. The third kappa shape index (κ3) is 2.06. The van der Waals surface area contributed by atoms with Gasteiger partial charge in [-0.15, -0.1) is 0 Å². The van der Waals surface area contributed by atoms with Crippen LogP contribution in [0.1, 0.15) is 62.1 Å². The number of nitrogens with two attached hydrogens (primary N) is 1. The zero-order chi connectivity index (χ0) is 14.5. The quantitative estimate of drug-likeness (QED) is 0.883. The SMILES string of the molecule is Cc1cc2c(n1C(C)c1ncn[nH]1)CC(C)(C)CC2N. The van der Waals surface area contributed by atoms with E-state index in [1.54, 1.807) is 6.33 Å². The van der Waals surface area contributed by atoms with Crippen molar-refractivity contribution < 1.29 is 0 Å². The molecule has 0 spiro atoms. The Kier molecular flexibility index (Phi) is 2.97. The average Bonchev–Trinajstić information content (AvgIpc) is 2.94. The van der Waals surface area contributed by atoms with Gasteiger partial charge in [0, 0.05) is 17.4 Å². The highest BCUT2D eigenvalue weighted by Crippen LogP contribution is 2.42. The van der Waals surface area contributed by atoms with Gasteiger partial charge >= 0.3 is 0 Å². The minimum absolute atomic E-state index is 0.135. The maximum atomic E-state index is 6.37. The highest BCUT2D eigenvalue weighted by molar-refractivity contribution is 5.35. The molecule has 5 heteroatoms. The summed E-state index contributed by atoms with van der Waals surface area (Å²) >= 11 is 0. The molecule has 20 heavy (non-hydrogen) atoms. The fourth-order valence-electron chi connectivity index (χ4n) is 3.55. The number of hydrogen-bond acceptors (Lipinski definition) is 3. The first-order valence-electron chi connectivity index (χ1n) is 7.20. The number of rotatable bonds is 2. The second-order valence-electron chi connectivity index (χ2n) is 6.76. The molecule has 108 valence electrons. The van der Waals surface area contributed by atoms with Gasteiger partial charge in [-0.05, 0) is 43.7 Å². The molecular weight excluding hydrogens is 250 g/mol. The van der Waals surface area contributed by atoms with Crippen LogP contribution in [0.5, 0.6) is 0 Å². The van der Waals surface area contributed by atoms with Crippen molar-refractivity contribution in [3.8, 4) is 0 Å². The summed E-state index contributed by atoms with van der Waals surface area (Å²) in [5.74, 6) is 0.892. The summed E-state index contributed by atoms with van der Waals surface area (Å²) in [6.07, 6.45) is 3.66. The Balaban J connectivity index is 2.09. The zero-order valence-corrected chi connectivity index (χ0v) is 12.6. The number of fused-ring (bicyclic) bond motifs is 1. The van der Waals surface area contributed by atoms with Crippen LogP contribution in [0, 0.1) is 12.3 Å². The molecule has 1 aliphatic rings. The third-order valence-corrected chi connectivity index (χ3v) is 4.40. The Morgan fingerprint density at radius 2 is 2.25 bits per heavy atom. The number of nitrogens with zero attached hydrogens (tertiary/aromatic N) is 3. The number of hydrogen-bond donors (Lipinski definition) is 2. The van der Waals surface area contributed by atoms with E-state index in [0.717, 1.165) is 18.7 Å². The number of aromatic nitrogens is 4. The molecule has 0 saturated carbocycles. The molecule has 0 radical (unpaired) electrons. The van der Waals surface area contributed by atoms with Crippen LogP contribution < -0.4 is 5.73 Å². The molecule has 0 fully saturated rings. The van der Waals surface area contributed by atoms with Crippen LogP contribution in [0.25, 0.3) is 0 Å². The van der Waals surface area contributed by atoms with Crippen LogP contribution >= 0.6 is 0 Å². The third-order valence-electron chi connectivity index (χ3n) is 4.40. The minimum Gasteiger partial charge on any atom is -0.338 e. The second-order valence-corrected chi connectivity index (χ2v) is 6.76. The highest BCUT2D eigenvalue weighted by Gasteiger charge is 2.34. The van der Waals surface area contributed by atoms with Crippen molar-refractivity contribution >= 4 is 0 Å². The summed E-state index contributed by atoms with van der Waals surface area (Å²) in [6.45, 7) is 8.88. The Morgan fingerprint density at radius 1 is 1.50 bits per heavy atom. The molecule has 2 aromatic heterocycles. The lowest BCUT2D eigenvalue weighted by Crippen LogP contribution is -2.31. The molecule has 5 nitrogen and oxygen atoms in total. The van der Waals surface area contributed by atoms with Gasteiger partial charge in [-0.25, -0.2) is 4.98 Å². The molecule has 2 aromatic rings. The van der Waals surface area contributed by atoms with Crippen LogP contribution in [-0.2, 0) is 6.42 Å². The lowest BCUT2D eigenvalue weighted by Gasteiger charge is -2.35. The summed E-state index contributed by atoms with van der Waals surface area (Å²) < 4.78 is 2.36. The van der Waals surface area contributed by atoms with Gasteiger partial charge in [-0.2, -0.15) is 5.10 Å². The summed E-state index contributed by atoms with van der Waals surface area (Å²) in [5.41, 5.74) is 10.5. The molecule has 3 N–H and O–H groups in total. The van der Waals surface area contributed by atoms with E-state index < -0.39 is 0 Å². The van der Waals surface area contributed by atoms with E-state index in [0.29, 0.717) is 0 Å². The number of H-pyrrole nitrogens is 1. The van der Waals surface area contributed by atoms with Gasteiger partial charge < -0.3 is 10.3 Å². The average molecular weight is 273 g/mol. The highest BCUT2D eigenvalue weighted by atomic mass is 15.2. The van der Waals surface area contributed by atoms with Gasteiger partial charge in [0.25, 0.3) is 0 Å². The molecule has 2 atom stereocenters. The molecule has 1 aliphatic carbocycles. The molecule has 0 aliphatic heterocycles. The van der Waals surface area contributed by atoms with E-state index in [4.69, 9.17) is 5.73 Å². The number of aryl methyl sites for hydroxylation is 1. The molecule has 0 amide bonds. The number of nitrogens with one attached hydrogen (secondary N) is 1. The van der Waals surface area contributed by atoms with Gasteiger partial charge in [0.2, 0.25) is 0 Å². The molecule has 2 heterocycles. The summed E-state index contributed by atoms with van der Waals surface area (Å²) in [4.78, 5) is 4.30. The zero-order valence-electron chi connectivity index (χ0n) is 12.6. The van der Waals surface area contributed by atoms with Gasteiger partial charge in [0.1, 0.15) is 12.2 Å². The van der Waals surface area contributed by atoms with Crippen molar-refractivity contribution in [3.63, 3.8) is 0 Å². The first-order chi connectivity index (χ1) is 9.39. The fraction of sp³-hybridized carbons (Fsp3) is 0.600. The summed E-state index contributed by atoms with van der Waals surface area (Å²) in [7, 11) is 0. The van der Waals surface area contributed by atoms with Crippen LogP contribution in [0.2, 0.25) is 0 Å². The Hall–Kier alpha value is -1.62. The monoisotopic (exact) mass is 273 g/mol. The first kappa shape index (κ1) is 13.4. The van der Waals surface area contributed by atoms with Crippen LogP contribution in [0.4, 0.5) is 0 Å². The maximum Gasteiger partial charge on any atom is 0.147 e. The fourth-order valence-corrected chi connectivity index (χ4v) is 3.55. The van der Waals surface area contributed by atoms with E-state index in [1.807, 2.05) is 0 Å². The Bertz CT molecular complexity index is 608. The Morgan fingerprint density at radius 3 is 2.90 bits per heavy atom. The van der Waals surface area contributed by atoms with Gasteiger partial charge in [0.15, 0.2) is 0 Å².